The summed E-state index contributed by atoms with van der Waals surface area (Å²) in [5.74, 6) is -1.26. The van der Waals surface area contributed by atoms with Crippen LogP contribution < -0.4 is 5.32 Å². The normalized spacial score (nSPS) is 10.7. The Kier molecular flexibility index (Phi) is 5.24. The number of anilines is 1. The summed E-state index contributed by atoms with van der Waals surface area (Å²) in [7, 11) is 0. The van der Waals surface area contributed by atoms with Gasteiger partial charge in [0.2, 0.25) is 5.91 Å². The molecular weight excluding hydrogens is 356 g/mol. The average Bonchev–Trinajstić information content (AvgIpc) is 2.83. The Hall–Kier alpha value is -1.99. The van der Waals surface area contributed by atoms with Crippen molar-refractivity contribution < 1.29 is 14.7 Å². The van der Waals surface area contributed by atoms with Crippen molar-refractivity contribution in [2.45, 2.75) is 6.42 Å². The van der Waals surface area contributed by atoms with Gasteiger partial charge < -0.3 is 5.11 Å². The van der Waals surface area contributed by atoms with E-state index in [-0.39, 0.29) is 12.3 Å². The maximum Gasteiger partial charge on any atom is 0.309 e. The van der Waals surface area contributed by atoms with Gasteiger partial charge in [-0.2, -0.15) is 0 Å². The van der Waals surface area contributed by atoms with Crippen LogP contribution in [0.2, 0.25) is 0 Å². The molecule has 7 heteroatoms. The molecule has 0 unspecified atom stereocenters. The van der Waals surface area contributed by atoms with Crippen LogP contribution in [0.4, 0.5) is 5.13 Å². The number of nitrogens with one attached hydrogen (secondary N) is 1. The number of nitrogens with zero attached hydrogens (tertiary/aromatic N) is 1. The summed E-state index contributed by atoms with van der Waals surface area (Å²) in [6, 6.07) is 7.54. The fourth-order valence-electron chi connectivity index (χ4n) is 1.53. The lowest BCUT2D eigenvalue weighted by atomic mass is 10.2. The van der Waals surface area contributed by atoms with Crippen LogP contribution in [-0.4, -0.2) is 22.0 Å². The van der Waals surface area contributed by atoms with E-state index in [0.717, 1.165) is 10.0 Å². The number of amides is 1. The third kappa shape index (κ3) is 5.13. The van der Waals surface area contributed by atoms with Gasteiger partial charge in [-0.15, -0.1) is 11.3 Å². The van der Waals surface area contributed by atoms with E-state index in [2.05, 4.69) is 26.2 Å². The van der Waals surface area contributed by atoms with E-state index >= 15 is 0 Å². The molecule has 0 aliphatic rings. The summed E-state index contributed by atoms with van der Waals surface area (Å²) in [6.07, 6.45) is 2.94. The summed E-state index contributed by atoms with van der Waals surface area (Å²) in [6.45, 7) is 0. The van der Waals surface area contributed by atoms with E-state index in [1.165, 1.54) is 17.4 Å². The minimum absolute atomic E-state index is 0.153. The molecular formula is C14H11BrN2O3S. The van der Waals surface area contributed by atoms with Crippen LogP contribution in [0, 0.1) is 0 Å². The molecule has 0 aliphatic heterocycles. The van der Waals surface area contributed by atoms with Gasteiger partial charge in [0, 0.05) is 15.9 Å². The second-order valence-corrected chi connectivity index (χ2v) is 5.87. The van der Waals surface area contributed by atoms with E-state index in [9.17, 15) is 9.59 Å². The number of hydrogen-bond donors (Lipinski definition) is 2. The smallest absolute Gasteiger partial charge is 0.309 e. The number of carbonyl (C=O) groups is 2. The summed E-state index contributed by atoms with van der Waals surface area (Å²) >= 11 is 4.55. The van der Waals surface area contributed by atoms with Crippen molar-refractivity contribution in [2.24, 2.45) is 0 Å². The van der Waals surface area contributed by atoms with Crippen LogP contribution in [0.1, 0.15) is 11.3 Å². The molecule has 21 heavy (non-hydrogen) atoms. The Labute approximate surface area is 133 Å². The summed E-state index contributed by atoms with van der Waals surface area (Å²) in [4.78, 5) is 26.3. The van der Waals surface area contributed by atoms with Gasteiger partial charge in [-0.25, -0.2) is 4.98 Å². The molecule has 0 aliphatic carbocycles. The maximum atomic E-state index is 11.7. The zero-order valence-corrected chi connectivity index (χ0v) is 13.1. The minimum Gasteiger partial charge on any atom is -0.481 e. The quantitative estimate of drug-likeness (QED) is 0.796. The summed E-state index contributed by atoms with van der Waals surface area (Å²) in [5.41, 5.74) is 1.32. The monoisotopic (exact) mass is 366 g/mol. The van der Waals surface area contributed by atoms with Gasteiger partial charge in [-0.1, -0.05) is 28.1 Å². The molecule has 5 nitrogen and oxygen atoms in total. The van der Waals surface area contributed by atoms with Crippen LogP contribution in [0.15, 0.2) is 40.2 Å². The minimum atomic E-state index is -0.951. The Morgan fingerprint density at radius 3 is 2.95 bits per heavy atom. The number of halogens is 1. The number of carboxylic acids is 1. The van der Waals surface area contributed by atoms with Crippen molar-refractivity contribution in [1.29, 1.82) is 0 Å². The highest BCUT2D eigenvalue weighted by atomic mass is 79.9. The van der Waals surface area contributed by atoms with Gasteiger partial charge >= 0.3 is 5.97 Å². The molecule has 0 radical (unpaired) electrons. The number of rotatable bonds is 5. The van der Waals surface area contributed by atoms with E-state index in [1.54, 1.807) is 11.5 Å². The van der Waals surface area contributed by atoms with Gasteiger partial charge in [0.05, 0.1) is 12.1 Å². The molecule has 0 saturated carbocycles. The molecule has 2 rings (SSSR count). The Morgan fingerprint density at radius 2 is 2.24 bits per heavy atom. The molecule has 0 saturated heterocycles. The number of aromatic nitrogens is 1. The number of benzene rings is 1. The largest absolute Gasteiger partial charge is 0.481 e. The highest BCUT2D eigenvalue weighted by molar-refractivity contribution is 9.10. The number of aliphatic carboxylic acids is 1. The SMILES string of the molecule is O=C(O)Cc1csc(NC(=O)/C=C/c2cccc(Br)c2)n1. The first-order valence-electron chi connectivity index (χ1n) is 5.94. The fraction of sp³-hybridized carbons (Fsp3) is 0.0714. The Bertz CT molecular complexity index is 697. The van der Waals surface area contributed by atoms with Gasteiger partial charge in [0.15, 0.2) is 5.13 Å². The number of hydrogen-bond acceptors (Lipinski definition) is 4. The first kappa shape index (κ1) is 15.4. The van der Waals surface area contributed by atoms with Crippen molar-refractivity contribution in [3.63, 3.8) is 0 Å². The van der Waals surface area contributed by atoms with Crippen molar-refractivity contribution >= 4 is 50.4 Å². The average molecular weight is 367 g/mol. The molecule has 2 aromatic rings. The first-order chi connectivity index (χ1) is 10.0. The molecule has 0 bridgehead atoms. The van der Waals surface area contributed by atoms with Crippen molar-refractivity contribution in [3.05, 3.63) is 51.5 Å². The lowest BCUT2D eigenvalue weighted by Crippen LogP contribution is -2.08. The van der Waals surface area contributed by atoms with Gasteiger partial charge in [0.1, 0.15) is 0 Å². The highest BCUT2D eigenvalue weighted by Gasteiger charge is 2.07. The zero-order valence-electron chi connectivity index (χ0n) is 10.7. The van der Waals surface area contributed by atoms with Gasteiger partial charge in [-0.3, -0.25) is 14.9 Å². The molecule has 0 spiro atoms. The summed E-state index contributed by atoms with van der Waals surface area (Å²) < 4.78 is 0.934. The second-order valence-electron chi connectivity index (χ2n) is 4.09. The molecule has 0 atom stereocenters. The van der Waals surface area contributed by atoms with Crippen LogP contribution in [-0.2, 0) is 16.0 Å². The number of carbonyl (C=O) groups excluding carboxylic acids is 1. The second kappa shape index (κ2) is 7.14. The Balaban J connectivity index is 1.95. The lowest BCUT2D eigenvalue weighted by molar-refractivity contribution is -0.136. The molecule has 1 aromatic carbocycles. The van der Waals surface area contributed by atoms with Gasteiger partial charge in [-0.05, 0) is 23.8 Å². The molecule has 108 valence electrons. The van der Waals surface area contributed by atoms with E-state index in [4.69, 9.17) is 5.11 Å². The van der Waals surface area contributed by atoms with Crippen molar-refractivity contribution in [1.82, 2.24) is 4.98 Å². The Morgan fingerprint density at radius 1 is 1.43 bits per heavy atom. The number of thiazole rings is 1. The molecule has 1 heterocycles. The molecule has 1 aromatic heterocycles. The van der Waals surface area contributed by atoms with Crippen LogP contribution in [0.3, 0.4) is 0 Å². The van der Waals surface area contributed by atoms with E-state index < -0.39 is 5.97 Å². The topological polar surface area (TPSA) is 79.3 Å². The van der Waals surface area contributed by atoms with Crippen LogP contribution in [0.25, 0.3) is 6.08 Å². The molecule has 0 fully saturated rings. The summed E-state index contributed by atoms with van der Waals surface area (Å²) in [5, 5.41) is 13.2. The van der Waals surface area contributed by atoms with Crippen LogP contribution >= 0.6 is 27.3 Å². The predicted molar refractivity (Wildman–Crippen MR) is 85.3 cm³/mol. The standard InChI is InChI=1S/C14H11BrN2O3S/c15-10-3-1-2-9(6-10)4-5-12(18)17-14-16-11(8-21-14)7-13(19)20/h1-6,8H,7H2,(H,19,20)(H,16,17,18)/b5-4+. The van der Waals surface area contributed by atoms with Crippen molar-refractivity contribution in [2.75, 3.05) is 5.32 Å². The van der Waals surface area contributed by atoms with E-state index in [1.807, 2.05) is 24.3 Å². The fourth-order valence-corrected chi connectivity index (χ4v) is 2.66. The molecule has 2 N–H and O–H groups in total. The van der Waals surface area contributed by atoms with Crippen LogP contribution in [0.5, 0.6) is 0 Å². The molecule has 1 amide bonds. The van der Waals surface area contributed by atoms with Crippen molar-refractivity contribution in [3.8, 4) is 0 Å². The lowest BCUT2D eigenvalue weighted by Gasteiger charge is -1.97. The third-order valence-corrected chi connectivity index (χ3v) is 3.69. The van der Waals surface area contributed by atoms with Gasteiger partial charge in [0.25, 0.3) is 0 Å². The predicted octanol–water partition coefficient (Wildman–Crippen LogP) is 3.18. The first-order valence-corrected chi connectivity index (χ1v) is 7.61. The van der Waals surface area contributed by atoms with E-state index in [0.29, 0.717) is 10.8 Å². The highest BCUT2D eigenvalue weighted by Crippen LogP contribution is 2.16. The maximum absolute atomic E-state index is 11.7. The zero-order chi connectivity index (χ0) is 15.2. The number of carboxylic acid groups (broad SMARTS) is 1. The third-order valence-electron chi connectivity index (χ3n) is 2.39.